The lowest BCUT2D eigenvalue weighted by molar-refractivity contribution is 0.544. The lowest BCUT2D eigenvalue weighted by Gasteiger charge is -1.92. The van der Waals surface area contributed by atoms with E-state index in [2.05, 4.69) is 32.5 Å². The topological polar surface area (TPSA) is 38.9 Å². The number of aromatic nitrogens is 2. The second-order valence-electron chi connectivity index (χ2n) is 3.40. The first kappa shape index (κ1) is 11.1. The minimum atomic E-state index is 0.609. The van der Waals surface area contributed by atoms with Gasteiger partial charge in [0.15, 0.2) is 11.2 Å². The van der Waals surface area contributed by atoms with E-state index in [1.165, 1.54) is 0 Å². The summed E-state index contributed by atoms with van der Waals surface area (Å²) >= 11 is 3.30. The molecule has 0 aliphatic heterocycles. The summed E-state index contributed by atoms with van der Waals surface area (Å²) in [7, 11) is 0. The highest BCUT2D eigenvalue weighted by Crippen LogP contribution is 2.18. The summed E-state index contributed by atoms with van der Waals surface area (Å²) in [6, 6.07) is 3.68. The van der Waals surface area contributed by atoms with Crippen LogP contribution in [-0.4, -0.2) is 9.97 Å². The normalized spacial score (nSPS) is 11.4. The molecule has 0 bridgehead atoms. The number of allylic oxidation sites excluding steroid dienone is 3. The number of hydrogen-bond donors (Lipinski definition) is 0. The lowest BCUT2D eigenvalue weighted by atomic mass is 10.2. The molecule has 0 aromatic carbocycles. The fraction of sp³-hybridized carbons (Fsp3) is 0.167. The fourth-order valence-corrected chi connectivity index (χ4v) is 1.70. The standard InChI is InChI=1S/C12H11BrN2O/c1-3-4-8(2)7-11-15-12-9(16-11)5-6-10(13)14-12/h3-6H,2,7H2,1H3. The van der Waals surface area contributed by atoms with Gasteiger partial charge in [-0.2, -0.15) is 4.98 Å². The van der Waals surface area contributed by atoms with Crippen LogP contribution in [0.25, 0.3) is 11.2 Å². The molecule has 2 rings (SSSR count). The van der Waals surface area contributed by atoms with Gasteiger partial charge in [-0.1, -0.05) is 18.7 Å². The highest BCUT2D eigenvalue weighted by molar-refractivity contribution is 9.10. The molecule has 0 amide bonds. The van der Waals surface area contributed by atoms with Crippen molar-refractivity contribution in [1.29, 1.82) is 0 Å². The fourth-order valence-electron chi connectivity index (χ4n) is 1.40. The van der Waals surface area contributed by atoms with E-state index in [1.807, 2.05) is 31.2 Å². The van der Waals surface area contributed by atoms with Crippen molar-refractivity contribution >= 4 is 27.2 Å². The number of halogens is 1. The van der Waals surface area contributed by atoms with Gasteiger partial charge < -0.3 is 4.42 Å². The van der Waals surface area contributed by atoms with Gasteiger partial charge in [-0.25, -0.2) is 4.98 Å². The molecule has 82 valence electrons. The van der Waals surface area contributed by atoms with Gasteiger partial charge in [0.25, 0.3) is 0 Å². The van der Waals surface area contributed by atoms with Crippen molar-refractivity contribution in [2.24, 2.45) is 0 Å². The molecule has 0 N–H and O–H groups in total. The number of nitrogens with zero attached hydrogens (tertiary/aromatic N) is 2. The molecule has 2 aromatic heterocycles. The van der Waals surface area contributed by atoms with Crippen LogP contribution >= 0.6 is 15.9 Å². The molecule has 0 spiro atoms. The Morgan fingerprint density at radius 3 is 3.06 bits per heavy atom. The largest absolute Gasteiger partial charge is 0.439 e. The van der Waals surface area contributed by atoms with Crippen molar-refractivity contribution in [3.05, 3.63) is 46.9 Å². The first-order valence-corrected chi connectivity index (χ1v) is 5.71. The Hall–Kier alpha value is -1.42. The minimum absolute atomic E-state index is 0.609. The van der Waals surface area contributed by atoms with Gasteiger partial charge in [0.2, 0.25) is 5.89 Å². The van der Waals surface area contributed by atoms with Crippen LogP contribution in [0.4, 0.5) is 0 Å². The zero-order chi connectivity index (χ0) is 11.5. The molecule has 0 unspecified atom stereocenters. The SMILES string of the molecule is C=C(C=CC)Cc1nc2nc(Br)ccc2o1. The monoisotopic (exact) mass is 278 g/mol. The molecule has 0 saturated carbocycles. The van der Waals surface area contributed by atoms with Gasteiger partial charge in [0, 0.05) is 6.42 Å². The van der Waals surface area contributed by atoms with Gasteiger partial charge >= 0.3 is 0 Å². The van der Waals surface area contributed by atoms with Crippen LogP contribution in [0, 0.1) is 0 Å². The van der Waals surface area contributed by atoms with Crippen LogP contribution in [-0.2, 0) is 6.42 Å². The van der Waals surface area contributed by atoms with Crippen LogP contribution in [0.5, 0.6) is 0 Å². The molecule has 16 heavy (non-hydrogen) atoms. The third-order valence-electron chi connectivity index (χ3n) is 2.04. The highest BCUT2D eigenvalue weighted by Gasteiger charge is 2.07. The van der Waals surface area contributed by atoms with Crippen LogP contribution in [0.3, 0.4) is 0 Å². The summed E-state index contributed by atoms with van der Waals surface area (Å²) in [5, 5.41) is 0. The smallest absolute Gasteiger partial charge is 0.201 e. The third kappa shape index (κ3) is 2.39. The van der Waals surface area contributed by atoms with Crippen LogP contribution < -0.4 is 0 Å². The average molecular weight is 279 g/mol. The van der Waals surface area contributed by atoms with Crippen molar-refractivity contribution in [1.82, 2.24) is 9.97 Å². The summed E-state index contributed by atoms with van der Waals surface area (Å²) in [6.45, 7) is 5.87. The van der Waals surface area contributed by atoms with Gasteiger partial charge in [0.1, 0.15) is 4.60 Å². The highest BCUT2D eigenvalue weighted by atomic mass is 79.9. The zero-order valence-corrected chi connectivity index (χ0v) is 10.5. The number of rotatable bonds is 3. The molecule has 2 heterocycles. The Balaban J connectivity index is 2.29. The summed E-state index contributed by atoms with van der Waals surface area (Å²) in [6.07, 6.45) is 4.50. The molecule has 0 atom stereocenters. The van der Waals surface area contributed by atoms with Crippen molar-refractivity contribution in [3.63, 3.8) is 0 Å². The van der Waals surface area contributed by atoms with Crippen LogP contribution in [0.2, 0.25) is 0 Å². The molecule has 0 radical (unpaired) electrons. The molecule has 0 saturated heterocycles. The maximum absolute atomic E-state index is 5.55. The van der Waals surface area contributed by atoms with E-state index in [0.717, 1.165) is 10.2 Å². The van der Waals surface area contributed by atoms with E-state index >= 15 is 0 Å². The molecular weight excluding hydrogens is 268 g/mol. The molecule has 0 fully saturated rings. The molecule has 0 aliphatic rings. The van der Waals surface area contributed by atoms with E-state index in [0.29, 0.717) is 23.5 Å². The molecule has 4 heteroatoms. The van der Waals surface area contributed by atoms with E-state index in [1.54, 1.807) is 0 Å². The molecule has 2 aromatic rings. The van der Waals surface area contributed by atoms with E-state index < -0.39 is 0 Å². The van der Waals surface area contributed by atoms with Gasteiger partial charge in [-0.3, -0.25) is 0 Å². The van der Waals surface area contributed by atoms with Crippen molar-refractivity contribution < 1.29 is 4.42 Å². The van der Waals surface area contributed by atoms with Crippen LogP contribution in [0.15, 0.2) is 45.5 Å². The second-order valence-corrected chi connectivity index (χ2v) is 4.21. The Morgan fingerprint density at radius 2 is 2.31 bits per heavy atom. The Bertz CT molecular complexity index is 557. The quantitative estimate of drug-likeness (QED) is 0.635. The molecule has 0 aliphatic carbocycles. The van der Waals surface area contributed by atoms with Gasteiger partial charge in [0.05, 0.1) is 0 Å². The summed E-state index contributed by atoms with van der Waals surface area (Å²) in [5.74, 6) is 0.642. The maximum atomic E-state index is 5.55. The minimum Gasteiger partial charge on any atom is -0.439 e. The molecular formula is C12H11BrN2O. The van der Waals surface area contributed by atoms with Crippen LogP contribution in [0.1, 0.15) is 12.8 Å². The predicted octanol–water partition coefficient (Wildman–Crippen LogP) is 3.66. The Labute approximate surface area is 102 Å². The lowest BCUT2D eigenvalue weighted by Crippen LogP contribution is -1.86. The van der Waals surface area contributed by atoms with E-state index in [-0.39, 0.29) is 0 Å². The van der Waals surface area contributed by atoms with E-state index in [9.17, 15) is 0 Å². The first-order chi connectivity index (χ1) is 7.69. The number of hydrogen-bond acceptors (Lipinski definition) is 3. The average Bonchev–Trinajstić information content (AvgIpc) is 2.59. The third-order valence-corrected chi connectivity index (χ3v) is 2.49. The van der Waals surface area contributed by atoms with Gasteiger partial charge in [-0.15, -0.1) is 0 Å². The molecule has 3 nitrogen and oxygen atoms in total. The Morgan fingerprint density at radius 1 is 1.50 bits per heavy atom. The Kier molecular flexibility index (Phi) is 3.19. The first-order valence-electron chi connectivity index (χ1n) is 4.91. The zero-order valence-electron chi connectivity index (χ0n) is 8.90. The van der Waals surface area contributed by atoms with E-state index in [4.69, 9.17) is 4.42 Å². The maximum Gasteiger partial charge on any atom is 0.201 e. The summed E-state index contributed by atoms with van der Waals surface area (Å²) in [5.41, 5.74) is 2.29. The summed E-state index contributed by atoms with van der Waals surface area (Å²) in [4.78, 5) is 8.51. The number of fused-ring (bicyclic) bond motifs is 1. The second kappa shape index (κ2) is 4.61. The number of oxazole rings is 1. The van der Waals surface area contributed by atoms with Gasteiger partial charge in [-0.05, 0) is 40.6 Å². The summed E-state index contributed by atoms with van der Waals surface area (Å²) < 4.78 is 6.31. The van der Waals surface area contributed by atoms with Crippen molar-refractivity contribution in [2.75, 3.05) is 0 Å². The van der Waals surface area contributed by atoms with Crippen molar-refractivity contribution in [3.8, 4) is 0 Å². The predicted molar refractivity (Wildman–Crippen MR) is 67.2 cm³/mol. The van der Waals surface area contributed by atoms with Crippen molar-refractivity contribution in [2.45, 2.75) is 13.3 Å². The number of pyridine rings is 1.